The molecule has 0 aromatic carbocycles. The molecule has 2 aliphatic rings. The second-order valence-electron chi connectivity index (χ2n) is 4.51. The second-order valence-corrected chi connectivity index (χ2v) is 4.51. The highest BCUT2D eigenvalue weighted by Crippen LogP contribution is 2.22. The van der Waals surface area contributed by atoms with E-state index >= 15 is 0 Å². The summed E-state index contributed by atoms with van der Waals surface area (Å²) in [7, 11) is 0. The minimum atomic E-state index is 0.153. The van der Waals surface area contributed by atoms with Crippen molar-refractivity contribution in [2.24, 2.45) is 5.92 Å². The summed E-state index contributed by atoms with van der Waals surface area (Å²) in [5, 5.41) is 0. The van der Waals surface area contributed by atoms with Crippen LogP contribution in [0.5, 0.6) is 0 Å². The van der Waals surface area contributed by atoms with Gasteiger partial charge in [-0.05, 0) is 26.7 Å². The number of hydrazine groups is 1. The lowest BCUT2D eigenvalue weighted by atomic mass is 9.98. The lowest BCUT2D eigenvalue weighted by molar-refractivity contribution is -0.136. The lowest BCUT2D eigenvalue weighted by Gasteiger charge is -2.27. The molecular formula is C10H19N3O. The zero-order chi connectivity index (χ0) is 10.1. The van der Waals surface area contributed by atoms with Gasteiger partial charge in [0.15, 0.2) is 0 Å². The molecule has 0 aliphatic carbocycles. The van der Waals surface area contributed by atoms with Crippen LogP contribution < -0.4 is 10.9 Å². The number of hydrogen-bond acceptors (Lipinski definition) is 3. The third-order valence-corrected chi connectivity index (χ3v) is 3.23. The van der Waals surface area contributed by atoms with E-state index in [-0.39, 0.29) is 5.92 Å². The van der Waals surface area contributed by atoms with Crippen molar-refractivity contribution in [3.63, 3.8) is 0 Å². The van der Waals surface area contributed by atoms with Crippen molar-refractivity contribution in [1.29, 1.82) is 0 Å². The molecule has 0 spiro atoms. The average molecular weight is 197 g/mol. The van der Waals surface area contributed by atoms with E-state index in [2.05, 4.69) is 24.7 Å². The van der Waals surface area contributed by atoms with E-state index in [9.17, 15) is 4.79 Å². The van der Waals surface area contributed by atoms with Crippen LogP contribution in [0.1, 0.15) is 26.7 Å². The second kappa shape index (κ2) is 3.87. The van der Waals surface area contributed by atoms with Crippen LogP contribution in [-0.2, 0) is 4.79 Å². The minimum Gasteiger partial charge on any atom is -0.340 e. The van der Waals surface area contributed by atoms with Gasteiger partial charge in [0.2, 0.25) is 5.91 Å². The summed E-state index contributed by atoms with van der Waals surface area (Å²) in [6, 6.07) is 0.688. The third-order valence-electron chi connectivity index (χ3n) is 3.23. The summed E-state index contributed by atoms with van der Waals surface area (Å²) in [6.07, 6.45) is 2.21. The quantitative estimate of drug-likeness (QED) is 0.627. The van der Waals surface area contributed by atoms with Gasteiger partial charge in [-0.15, -0.1) is 0 Å². The van der Waals surface area contributed by atoms with Crippen LogP contribution in [-0.4, -0.2) is 36.0 Å². The Labute approximate surface area is 85.0 Å². The van der Waals surface area contributed by atoms with Gasteiger partial charge in [0.25, 0.3) is 0 Å². The van der Waals surface area contributed by atoms with E-state index in [0.29, 0.717) is 18.0 Å². The van der Waals surface area contributed by atoms with Gasteiger partial charge in [0.1, 0.15) is 0 Å². The van der Waals surface area contributed by atoms with Gasteiger partial charge < -0.3 is 4.90 Å². The summed E-state index contributed by atoms with van der Waals surface area (Å²) in [6.45, 7) is 5.89. The van der Waals surface area contributed by atoms with E-state index in [1.165, 1.54) is 0 Å². The largest absolute Gasteiger partial charge is 0.340 e. The first-order valence-corrected chi connectivity index (χ1v) is 5.49. The van der Waals surface area contributed by atoms with Gasteiger partial charge in [0.05, 0.1) is 5.92 Å². The Kier molecular flexibility index (Phi) is 2.74. The van der Waals surface area contributed by atoms with Crippen molar-refractivity contribution >= 4 is 5.91 Å². The summed E-state index contributed by atoms with van der Waals surface area (Å²) < 4.78 is 0. The molecule has 2 heterocycles. The molecule has 2 saturated heterocycles. The van der Waals surface area contributed by atoms with Gasteiger partial charge >= 0.3 is 0 Å². The van der Waals surface area contributed by atoms with E-state index in [1.807, 2.05) is 4.90 Å². The summed E-state index contributed by atoms with van der Waals surface area (Å²) in [4.78, 5) is 14.1. The molecule has 0 aromatic heterocycles. The molecule has 0 saturated carbocycles. The maximum Gasteiger partial charge on any atom is 0.228 e. The zero-order valence-electron chi connectivity index (χ0n) is 8.92. The topological polar surface area (TPSA) is 44.4 Å². The third kappa shape index (κ3) is 1.64. The molecule has 14 heavy (non-hydrogen) atoms. The van der Waals surface area contributed by atoms with E-state index in [0.717, 1.165) is 25.9 Å². The molecule has 0 aromatic rings. The number of rotatable bonds is 1. The van der Waals surface area contributed by atoms with Crippen molar-refractivity contribution < 1.29 is 4.79 Å². The molecule has 4 nitrogen and oxygen atoms in total. The van der Waals surface area contributed by atoms with Crippen LogP contribution >= 0.6 is 0 Å². The average Bonchev–Trinajstić information content (AvgIpc) is 2.53. The van der Waals surface area contributed by atoms with Crippen LogP contribution in [0.15, 0.2) is 0 Å². The number of carbonyl (C=O) groups is 1. The van der Waals surface area contributed by atoms with Crippen LogP contribution in [0.3, 0.4) is 0 Å². The predicted octanol–water partition coefficient (Wildman–Crippen LogP) is 0.110. The van der Waals surface area contributed by atoms with Crippen LogP contribution in [0.25, 0.3) is 0 Å². The Morgan fingerprint density at radius 2 is 2.29 bits per heavy atom. The van der Waals surface area contributed by atoms with Gasteiger partial charge in [-0.1, -0.05) is 0 Å². The molecule has 2 fully saturated rings. The first-order chi connectivity index (χ1) is 6.70. The van der Waals surface area contributed by atoms with Gasteiger partial charge in [-0.25, -0.2) is 0 Å². The van der Waals surface area contributed by atoms with Gasteiger partial charge in [0, 0.05) is 25.2 Å². The fourth-order valence-corrected chi connectivity index (χ4v) is 2.39. The first kappa shape index (κ1) is 9.93. The first-order valence-electron chi connectivity index (χ1n) is 5.49. The molecular weight excluding hydrogens is 178 g/mol. The van der Waals surface area contributed by atoms with Gasteiger partial charge in [-0.3, -0.25) is 15.6 Å². The minimum absolute atomic E-state index is 0.153. The fourth-order valence-electron chi connectivity index (χ4n) is 2.39. The number of likely N-dealkylation sites (tertiary alicyclic amines) is 1. The number of carbonyl (C=O) groups excluding carboxylic acids is 1. The van der Waals surface area contributed by atoms with Crippen LogP contribution in [0.4, 0.5) is 0 Å². The Morgan fingerprint density at radius 1 is 1.50 bits per heavy atom. The predicted molar refractivity (Wildman–Crippen MR) is 54.5 cm³/mol. The fraction of sp³-hybridized carbons (Fsp3) is 0.900. The normalized spacial score (nSPS) is 33.4. The van der Waals surface area contributed by atoms with E-state index < -0.39 is 0 Å². The van der Waals surface area contributed by atoms with Crippen LogP contribution in [0, 0.1) is 5.92 Å². The standard InChI is InChI=1S/C10H19N3O/c1-7(2)13-5-3-4-9-8(10(13)14)6-11-12-9/h7-9,11-12H,3-6H2,1-2H3. The van der Waals surface area contributed by atoms with Crippen molar-refractivity contribution in [2.45, 2.75) is 38.8 Å². The maximum atomic E-state index is 12.1. The Bertz CT molecular complexity index is 225. The molecule has 4 heteroatoms. The number of nitrogens with zero attached hydrogens (tertiary/aromatic N) is 1. The van der Waals surface area contributed by atoms with Gasteiger partial charge in [-0.2, -0.15) is 0 Å². The molecule has 0 bridgehead atoms. The molecule has 2 rings (SSSR count). The van der Waals surface area contributed by atoms with Crippen molar-refractivity contribution in [3.8, 4) is 0 Å². The molecule has 2 unspecified atom stereocenters. The monoisotopic (exact) mass is 197 g/mol. The molecule has 1 amide bonds. The van der Waals surface area contributed by atoms with Crippen LogP contribution in [0.2, 0.25) is 0 Å². The number of fused-ring (bicyclic) bond motifs is 1. The molecule has 2 N–H and O–H groups in total. The maximum absolute atomic E-state index is 12.1. The number of hydrogen-bond donors (Lipinski definition) is 2. The Morgan fingerprint density at radius 3 is 3.00 bits per heavy atom. The lowest BCUT2D eigenvalue weighted by Crippen LogP contribution is -2.42. The molecule has 2 atom stereocenters. The Hall–Kier alpha value is -0.610. The number of nitrogens with one attached hydrogen (secondary N) is 2. The molecule has 80 valence electrons. The number of amides is 1. The van der Waals surface area contributed by atoms with Crippen molar-refractivity contribution in [2.75, 3.05) is 13.1 Å². The molecule has 2 aliphatic heterocycles. The van der Waals surface area contributed by atoms with E-state index in [1.54, 1.807) is 0 Å². The molecule has 0 radical (unpaired) electrons. The van der Waals surface area contributed by atoms with E-state index in [4.69, 9.17) is 0 Å². The van der Waals surface area contributed by atoms with Crippen molar-refractivity contribution in [1.82, 2.24) is 15.8 Å². The highest BCUT2D eigenvalue weighted by Gasteiger charge is 2.37. The Balaban J connectivity index is 2.13. The highest BCUT2D eigenvalue weighted by atomic mass is 16.2. The summed E-state index contributed by atoms with van der Waals surface area (Å²) in [5.41, 5.74) is 6.28. The summed E-state index contributed by atoms with van der Waals surface area (Å²) >= 11 is 0. The highest BCUT2D eigenvalue weighted by molar-refractivity contribution is 5.80. The summed E-state index contributed by atoms with van der Waals surface area (Å²) in [5.74, 6) is 0.472. The van der Waals surface area contributed by atoms with Crippen molar-refractivity contribution in [3.05, 3.63) is 0 Å². The SMILES string of the molecule is CC(C)N1CCCC2NNCC2C1=O. The zero-order valence-corrected chi connectivity index (χ0v) is 8.92. The smallest absolute Gasteiger partial charge is 0.228 e.